The first-order valence-corrected chi connectivity index (χ1v) is 8.17. The van der Waals surface area contributed by atoms with E-state index in [1.807, 2.05) is 37.2 Å². The topological polar surface area (TPSA) is 63.6 Å². The number of nitrogens with zero attached hydrogens (tertiary/aromatic N) is 2. The van der Waals surface area contributed by atoms with Gasteiger partial charge in [0.2, 0.25) is 0 Å². The predicted molar refractivity (Wildman–Crippen MR) is 104 cm³/mol. The Morgan fingerprint density at radius 1 is 1.08 bits per heavy atom. The Morgan fingerprint density at radius 3 is 2.38 bits per heavy atom. The molecule has 0 aliphatic carbocycles. The van der Waals surface area contributed by atoms with Gasteiger partial charge in [0.25, 0.3) is 11.5 Å². The summed E-state index contributed by atoms with van der Waals surface area (Å²) in [4.78, 5) is 27.2. The first-order chi connectivity index (χ1) is 12.4. The fourth-order valence-corrected chi connectivity index (χ4v) is 2.77. The first-order valence-electron chi connectivity index (χ1n) is 8.17. The molecule has 0 saturated heterocycles. The molecule has 1 heterocycles. The normalized spacial score (nSPS) is 10.6. The highest BCUT2D eigenvalue weighted by Gasteiger charge is 2.15. The molecule has 0 fully saturated rings. The van der Waals surface area contributed by atoms with Gasteiger partial charge in [0.1, 0.15) is 11.3 Å². The van der Waals surface area contributed by atoms with E-state index in [0.29, 0.717) is 11.4 Å². The second kappa shape index (κ2) is 6.92. The highest BCUT2D eigenvalue weighted by molar-refractivity contribution is 6.06. The van der Waals surface area contributed by atoms with Crippen LogP contribution >= 0.6 is 0 Å². The standard InChI is InChI=1S/C20H21N3O3/c1-22(2)15-8-5-13-11-17(20(25)23(3)18(13)12-15)19(24)21-14-6-9-16(26-4)10-7-14/h5-12H,1-4H3,(H,21,24). The summed E-state index contributed by atoms with van der Waals surface area (Å²) in [6.45, 7) is 0. The van der Waals surface area contributed by atoms with Gasteiger partial charge in [-0.3, -0.25) is 9.59 Å². The molecule has 0 aliphatic rings. The van der Waals surface area contributed by atoms with E-state index >= 15 is 0 Å². The zero-order valence-corrected chi connectivity index (χ0v) is 15.2. The van der Waals surface area contributed by atoms with Crippen LogP contribution in [0, 0.1) is 0 Å². The number of ether oxygens (including phenoxy) is 1. The van der Waals surface area contributed by atoms with Crippen molar-refractivity contribution in [2.45, 2.75) is 0 Å². The van der Waals surface area contributed by atoms with Crippen molar-refractivity contribution in [2.24, 2.45) is 7.05 Å². The Balaban J connectivity index is 1.98. The van der Waals surface area contributed by atoms with E-state index in [9.17, 15) is 9.59 Å². The van der Waals surface area contributed by atoms with Gasteiger partial charge < -0.3 is 19.5 Å². The van der Waals surface area contributed by atoms with Gasteiger partial charge in [-0.1, -0.05) is 6.07 Å². The Kier molecular flexibility index (Phi) is 4.67. The lowest BCUT2D eigenvalue weighted by atomic mass is 10.1. The lowest BCUT2D eigenvalue weighted by molar-refractivity contribution is 0.102. The second-order valence-corrected chi connectivity index (χ2v) is 6.24. The number of hydrogen-bond donors (Lipinski definition) is 1. The van der Waals surface area contributed by atoms with Gasteiger partial charge in [-0.2, -0.15) is 0 Å². The molecule has 6 heteroatoms. The number of methoxy groups -OCH3 is 1. The maximum absolute atomic E-state index is 12.7. The van der Waals surface area contributed by atoms with Crippen LogP contribution in [0.2, 0.25) is 0 Å². The molecule has 0 bridgehead atoms. The Labute approximate surface area is 151 Å². The van der Waals surface area contributed by atoms with Crippen molar-refractivity contribution in [3.05, 3.63) is 64.4 Å². The minimum atomic E-state index is -0.436. The second-order valence-electron chi connectivity index (χ2n) is 6.24. The molecule has 134 valence electrons. The molecule has 1 amide bonds. The molecule has 3 aromatic rings. The monoisotopic (exact) mass is 351 g/mol. The maximum Gasteiger partial charge on any atom is 0.263 e. The molecule has 1 N–H and O–H groups in total. The zero-order chi connectivity index (χ0) is 18.8. The van der Waals surface area contributed by atoms with E-state index < -0.39 is 5.91 Å². The number of anilines is 2. The molecular formula is C20H21N3O3. The summed E-state index contributed by atoms with van der Waals surface area (Å²) >= 11 is 0. The van der Waals surface area contributed by atoms with Gasteiger partial charge >= 0.3 is 0 Å². The van der Waals surface area contributed by atoms with Crippen molar-refractivity contribution in [3.8, 4) is 5.75 Å². The molecule has 0 saturated carbocycles. The van der Waals surface area contributed by atoms with Crippen LogP contribution in [0.25, 0.3) is 10.9 Å². The summed E-state index contributed by atoms with van der Waals surface area (Å²) in [6, 6.07) is 14.4. The third kappa shape index (κ3) is 3.26. The van der Waals surface area contributed by atoms with Crippen LogP contribution < -0.4 is 20.5 Å². The minimum absolute atomic E-state index is 0.105. The van der Waals surface area contributed by atoms with Gasteiger partial charge in [0, 0.05) is 32.5 Å². The van der Waals surface area contributed by atoms with Crippen molar-refractivity contribution in [1.29, 1.82) is 0 Å². The van der Waals surface area contributed by atoms with Gasteiger partial charge in [0.05, 0.1) is 12.6 Å². The summed E-state index contributed by atoms with van der Waals surface area (Å²) in [5, 5.41) is 3.59. The first kappa shape index (κ1) is 17.5. The largest absolute Gasteiger partial charge is 0.497 e. The number of benzene rings is 2. The fraction of sp³-hybridized carbons (Fsp3) is 0.200. The molecule has 0 spiro atoms. The number of nitrogens with one attached hydrogen (secondary N) is 1. The van der Waals surface area contributed by atoms with Gasteiger partial charge in [-0.25, -0.2) is 0 Å². The quantitative estimate of drug-likeness (QED) is 0.785. The predicted octanol–water partition coefficient (Wildman–Crippen LogP) is 2.87. The van der Waals surface area contributed by atoms with Crippen LogP contribution in [-0.2, 0) is 7.05 Å². The van der Waals surface area contributed by atoms with Crippen LogP contribution in [0.1, 0.15) is 10.4 Å². The van der Waals surface area contributed by atoms with Crippen LogP contribution in [0.3, 0.4) is 0 Å². The van der Waals surface area contributed by atoms with E-state index in [1.165, 1.54) is 4.57 Å². The fourth-order valence-electron chi connectivity index (χ4n) is 2.77. The Bertz CT molecular complexity index is 1020. The van der Waals surface area contributed by atoms with Crippen molar-refractivity contribution < 1.29 is 9.53 Å². The van der Waals surface area contributed by atoms with Crippen LogP contribution in [-0.4, -0.2) is 31.7 Å². The van der Waals surface area contributed by atoms with E-state index in [-0.39, 0.29) is 11.1 Å². The average Bonchev–Trinajstić information content (AvgIpc) is 2.64. The number of carbonyl (C=O) groups is 1. The summed E-state index contributed by atoms with van der Waals surface area (Å²) in [6.07, 6.45) is 0. The number of rotatable bonds is 4. The summed E-state index contributed by atoms with van der Waals surface area (Å²) in [5.74, 6) is 0.260. The zero-order valence-electron chi connectivity index (χ0n) is 15.2. The number of aromatic nitrogens is 1. The molecule has 1 aromatic heterocycles. The molecule has 3 rings (SSSR count). The third-order valence-corrected chi connectivity index (χ3v) is 4.32. The summed E-state index contributed by atoms with van der Waals surface area (Å²) < 4.78 is 6.60. The maximum atomic E-state index is 12.7. The van der Waals surface area contributed by atoms with Crippen LogP contribution in [0.5, 0.6) is 5.75 Å². The number of amides is 1. The van der Waals surface area contributed by atoms with E-state index in [4.69, 9.17) is 4.74 Å². The van der Waals surface area contributed by atoms with Crippen molar-refractivity contribution in [1.82, 2.24) is 4.57 Å². The molecule has 0 atom stereocenters. The molecule has 0 aliphatic heterocycles. The smallest absolute Gasteiger partial charge is 0.263 e. The SMILES string of the molecule is COc1ccc(NC(=O)c2cc3ccc(N(C)C)cc3n(C)c2=O)cc1. The van der Waals surface area contributed by atoms with E-state index in [2.05, 4.69) is 5.32 Å². The number of fused-ring (bicyclic) bond motifs is 1. The number of hydrogen-bond acceptors (Lipinski definition) is 4. The number of pyridine rings is 1. The molecular weight excluding hydrogens is 330 g/mol. The minimum Gasteiger partial charge on any atom is -0.497 e. The van der Waals surface area contributed by atoms with Crippen molar-refractivity contribution >= 4 is 28.2 Å². The van der Waals surface area contributed by atoms with Gasteiger partial charge in [-0.15, -0.1) is 0 Å². The lowest BCUT2D eigenvalue weighted by Crippen LogP contribution is -2.28. The Morgan fingerprint density at radius 2 is 1.77 bits per heavy atom. The van der Waals surface area contributed by atoms with Crippen LogP contribution in [0.15, 0.2) is 53.3 Å². The van der Waals surface area contributed by atoms with Gasteiger partial charge in [0.15, 0.2) is 0 Å². The molecule has 26 heavy (non-hydrogen) atoms. The molecule has 0 unspecified atom stereocenters. The third-order valence-electron chi connectivity index (χ3n) is 4.32. The summed E-state index contributed by atoms with van der Waals surface area (Å²) in [7, 11) is 7.13. The molecule has 0 radical (unpaired) electrons. The highest BCUT2D eigenvalue weighted by Crippen LogP contribution is 2.21. The van der Waals surface area contributed by atoms with E-state index in [1.54, 1.807) is 44.5 Å². The van der Waals surface area contributed by atoms with E-state index in [0.717, 1.165) is 16.6 Å². The number of carbonyl (C=O) groups excluding carboxylic acids is 1. The van der Waals surface area contributed by atoms with Crippen LogP contribution in [0.4, 0.5) is 11.4 Å². The highest BCUT2D eigenvalue weighted by atomic mass is 16.5. The van der Waals surface area contributed by atoms with Gasteiger partial charge in [-0.05, 0) is 47.9 Å². The van der Waals surface area contributed by atoms with Crippen molar-refractivity contribution in [3.63, 3.8) is 0 Å². The number of aryl methyl sites for hydroxylation is 1. The van der Waals surface area contributed by atoms with Crippen molar-refractivity contribution in [2.75, 3.05) is 31.4 Å². The summed E-state index contributed by atoms with van der Waals surface area (Å²) in [5.41, 5.74) is 2.14. The Hall–Kier alpha value is -3.28. The molecule has 2 aromatic carbocycles. The average molecular weight is 351 g/mol. The molecule has 6 nitrogen and oxygen atoms in total. The lowest BCUT2D eigenvalue weighted by Gasteiger charge is -2.15.